The molecule has 0 saturated carbocycles. The molecule has 4 nitrogen and oxygen atoms in total. The lowest BCUT2D eigenvalue weighted by Gasteiger charge is -1.99. The molecule has 3 aromatic rings. The highest BCUT2D eigenvalue weighted by Crippen LogP contribution is 2.25. The summed E-state index contributed by atoms with van der Waals surface area (Å²) in [6.45, 7) is 0.115. The van der Waals surface area contributed by atoms with Gasteiger partial charge < -0.3 is 9.15 Å². The normalized spacial score (nSPS) is 10.5. The molecule has 0 aliphatic carbocycles. The number of halogens is 1. The van der Waals surface area contributed by atoms with Crippen LogP contribution in [0.4, 0.5) is 0 Å². The maximum Gasteiger partial charge on any atom is 0.374 e. The van der Waals surface area contributed by atoms with Crippen molar-refractivity contribution >= 4 is 28.9 Å². The van der Waals surface area contributed by atoms with Gasteiger partial charge in [0.05, 0.1) is 12.0 Å². The van der Waals surface area contributed by atoms with Crippen molar-refractivity contribution in [3.63, 3.8) is 0 Å². The molecule has 0 aliphatic rings. The van der Waals surface area contributed by atoms with E-state index in [0.717, 1.165) is 10.6 Å². The number of hydrogen-bond acceptors (Lipinski definition) is 5. The van der Waals surface area contributed by atoms with Crippen LogP contribution in [0.5, 0.6) is 0 Å². The highest BCUT2D eigenvalue weighted by molar-refractivity contribution is 7.13. The zero-order valence-electron chi connectivity index (χ0n) is 10.8. The molecule has 3 rings (SSSR count). The molecule has 0 fully saturated rings. The lowest BCUT2D eigenvalue weighted by atomic mass is 10.2. The molecule has 6 heteroatoms. The summed E-state index contributed by atoms with van der Waals surface area (Å²) in [7, 11) is 0. The molecule has 0 spiro atoms. The van der Waals surface area contributed by atoms with Gasteiger partial charge >= 0.3 is 5.97 Å². The largest absolute Gasteiger partial charge is 0.457 e. The van der Waals surface area contributed by atoms with E-state index in [2.05, 4.69) is 4.98 Å². The Labute approximate surface area is 130 Å². The first-order valence-electron chi connectivity index (χ1n) is 6.13. The van der Waals surface area contributed by atoms with Gasteiger partial charge in [-0.1, -0.05) is 23.7 Å². The van der Waals surface area contributed by atoms with Crippen LogP contribution >= 0.6 is 22.9 Å². The summed E-state index contributed by atoms with van der Waals surface area (Å²) in [5, 5.41) is 3.40. The third-order valence-corrected chi connectivity index (χ3v) is 3.91. The fraction of sp³-hybridized carbons (Fsp3) is 0.0667. The summed E-state index contributed by atoms with van der Waals surface area (Å²) in [5.74, 6) is -0.316. The van der Waals surface area contributed by atoms with Crippen LogP contribution in [0, 0.1) is 0 Å². The lowest BCUT2D eigenvalue weighted by Crippen LogP contribution is -2.04. The second-order valence-electron chi connectivity index (χ2n) is 4.20. The van der Waals surface area contributed by atoms with Crippen molar-refractivity contribution in [2.24, 2.45) is 0 Å². The number of hydrogen-bond donors (Lipinski definition) is 0. The number of nitrogens with zero attached hydrogens (tertiary/aromatic N) is 1. The lowest BCUT2D eigenvalue weighted by molar-refractivity contribution is 0.0432. The van der Waals surface area contributed by atoms with Crippen molar-refractivity contribution in [2.45, 2.75) is 6.61 Å². The van der Waals surface area contributed by atoms with Crippen molar-refractivity contribution in [1.29, 1.82) is 0 Å². The fourth-order valence-electron chi connectivity index (χ4n) is 1.70. The molecule has 0 aliphatic heterocycles. The minimum Gasteiger partial charge on any atom is -0.457 e. The van der Waals surface area contributed by atoms with Gasteiger partial charge in [-0.3, -0.25) is 0 Å². The Balaban J connectivity index is 1.65. The summed E-state index contributed by atoms with van der Waals surface area (Å²) in [6, 6.07) is 10.6. The second kappa shape index (κ2) is 6.11. The maximum absolute atomic E-state index is 11.6. The molecule has 0 unspecified atom stereocenters. The Hall–Kier alpha value is -2.11. The molecule has 106 valence electrons. The van der Waals surface area contributed by atoms with Gasteiger partial charge in [-0.2, -0.15) is 0 Å². The molecular formula is C15H10ClNO3S. The zero-order chi connectivity index (χ0) is 14.7. The van der Waals surface area contributed by atoms with Gasteiger partial charge in [0.1, 0.15) is 11.6 Å². The highest BCUT2D eigenvalue weighted by Gasteiger charge is 2.11. The monoisotopic (exact) mass is 319 g/mol. The molecule has 0 N–H and O–H groups in total. The van der Waals surface area contributed by atoms with Crippen molar-refractivity contribution in [1.82, 2.24) is 4.98 Å². The van der Waals surface area contributed by atoms with Crippen LogP contribution in [0.25, 0.3) is 10.6 Å². The average Bonchev–Trinajstić information content (AvgIpc) is 3.17. The first-order chi connectivity index (χ1) is 10.2. The van der Waals surface area contributed by atoms with Crippen LogP contribution in [0.2, 0.25) is 5.02 Å². The van der Waals surface area contributed by atoms with Crippen molar-refractivity contribution in [3.05, 3.63) is 64.5 Å². The number of esters is 1. The summed E-state index contributed by atoms with van der Waals surface area (Å²) < 4.78 is 10.1. The molecular weight excluding hydrogens is 310 g/mol. The number of carbonyl (C=O) groups excluding carboxylic acids is 1. The van der Waals surface area contributed by atoms with E-state index in [1.807, 2.05) is 29.6 Å². The standard InChI is InChI=1S/C15H10ClNO3S/c16-11-5-3-10(4-6-11)14-17-12(9-21-14)8-20-15(18)13-2-1-7-19-13/h1-7,9H,8H2. The van der Waals surface area contributed by atoms with Gasteiger partial charge in [-0.05, 0) is 24.3 Å². The smallest absolute Gasteiger partial charge is 0.374 e. The third kappa shape index (κ3) is 3.32. The molecule has 0 atom stereocenters. The highest BCUT2D eigenvalue weighted by atomic mass is 35.5. The number of ether oxygens (including phenoxy) is 1. The third-order valence-electron chi connectivity index (χ3n) is 2.72. The van der Waals surface area contributed by atoms with Crippen LogP contribution in [0.3, 0.4) is 0 Å². The van der Waals surface area contributed by atoms with Gasteiger partial charge in [0.25, 0.3) is 0 Å². The van der Waals surface area contributed by atoms with Crippen LogP contribution in [-0.2, 0) is 11.3 Å². The molecule has 0 amide bonds. The van der Waals surface area contributed by atoms with E-state index in [0.29, 0.717) is 10.7 Å². The Morgan fingerprint density at radius 3 is 2.81 bits per heavy atom. The maximum atomic E-state index is 11.6. The summed E-state index contributed by atoms with van der Waals surface area (Å²) in [5.41, 5.74) is 1.68. The number of aromatic nitrogens is 1. The van der Waals surface area contributed by atoms with Gasteiger partial charge in [0.15, 0.2) is 0 Å². The number of thiazole rings is 1. The topological polar surface area (TPSA) is 52.3 Å². The van der Waals surface area contributed by atoms with E-state index in [9.17, 15) is 4.79 Å². The number of furan rings is 1. The van der Waals surface area contributed by atoms with E-state index in [1.165, 1.54) is 17.6 Å². The van der Waals surface area contributed by atoms with Gasteiger partial charge in [0.2, 0.25) is 5.76 Å². The Bertz CT molecular complexity index is 735. The van der Waals surface area contributed by atoms with E-state index in [4.69, 9.17) is 20.8 Å². The molecule has 2 heterocycles. The summed E-state index contributed by atoms with van der Waals surface area (Å²) in [4.78, 5) is 16.1. The molecule has 0 saturated heterocycles. The zero-order valence-corrected chi connectivity index (χ0v) is 12.4. The fourth-order valence-corrected chi connectivity index (χ4v) is 2.64. The van der Waals surface area contributed by atoms with Crippen molar-refractivity contribution in [2.75, 3.05) is 0 Å². The van der Waals surface area contributed by atoms with E-state index in [-0.39, 0.29) is 12.4 Å². The molecule has 2 aromatic heterocycles. The second-order valence-corrected chi connectivity index (χ2v) is 5.50. The Morgan fingerprint density at radius 1 is 1.29 bits per heavy atom. The average molecular weight is 320 g/mol. The number of benzene rings is 1. The Morgan fingerprint density at radius 2 is 2.10 bits per heavy atom. The quantitative estimate of drug-likeness (QED) is 0.668. The minimum atomic E-state index is -0.499. The number of carbonyl (C=O) groups is 1. The first kappa shape index (κ1) is 13.9. The van der Waals surface area contributed by atoms with E-state index >= 15 is 0 Å². The summed E-state index contributed by atoms with van der Waals surface area (Å²) >= 11 is 7.34. The minimum absolute atomic E-state index is 0.115. The predicted molar refractivity (Wildman–Crippen MR) is 80.4 cm³/mol. The number of rotatable bonds is 4. The van der Waals surface area contributed by atoms with Gasteiger partial charge in [-0.15, -0.1) is 11.3 Å². The first-order valence-corrected chi connectivity index (χ1v) is 7.39. The molecule has 21 heavy (non-hydrogen) atoms. The van der Waals surface area contributed by atoms with Crippen molar-refractivity contribution in [3.8, 4) is 10.6 Å². The van der Waals surface area contributed by atoms with Crippen LogP contribution in [-0.4, -0.2) is 11.0 Å². The van der Waals surface area contributed by atoms with Crippen LogP contribution in [0.15, 0.2) is 52.5 Å². The molecule has 0 radical (unpaired) electrons. The van der Waals surface area contributed by atoms with E-state index in [1.54, 1.807) is 12.1 Å². The predicted octanol–water partition coefficient (Wildman–Crippen LogP) is 4.41. The molecule has 1 aromatic carbocycles. The van der Waals surface area contributed by atoms with E-state index < -0.39 is 5.97 Å². The van der Waals surface area contributed by atoms with Gasteiger partial charge in [-0.25, -0.2) is 9.78 Å². The van der Waals surface area contributed by atoms with Crippen molar-refractivity contribution < 1.29 is 13.9 Å². The summed E-state index contributed by atoms with van der Waals surface area (Å²) in [6.07, 6.45) is 1.43. The van der Waals surface area contributed by atoms with Gasteiger partial charge in [0, 0.05) is 16.0 Å². The van der Waals surface area contributed by atoms with Crippen LogP contribution in [0.1, 0.15) is 16.2 Å². The molecule has 0 bridgehead atoms. The Kier molecular flexibility index (Phi) is 4.03. The van der Waals surface area contributed by atoms with Crippen LogP contribution < -0.4 is 0 Å². The SMILES string of the molecule is O=C(OCc1csc(-c2ccc(Cl)cc2)n1)c1ccco1.